The van der Waals surface area contributed by atoms with Crippen molar-refractivity contribution in [2.75, 3.05) is 24.1 Å². The fraction of sp³-hybridized carbons (Fsp3) is 0.214. The normalized spacial score (nSPS) is 15.4. The van der Waals surface area contributed by atoms with E-state index in [1.54, 1.807) is 6.08 Å². The van der Waals surface area contributed by atoms with Crippen LogP contribution in [-0.4, -0.2) is 38.7 Å². The first-order valence-electron chi connectivity index (χ1n) is 12.3. The van der Waals surface area contributed by atoms with Crippen LogP contribution >= 0.6 is 11.3 Å². The van der Waals surface area contributed by atoms with Crippen LogP contribution < -0.4 is 18.6 Å². The van der Waals surface area contributed by atoms with Gasteiger partial charge in [-0.1, -0.05) is 35.6 Å². The number of nitrogens with zero attached hydrogens (tertiary/aromatic N) is 3. The molecule has 0 N–H and O–H groups in total. The Morgan fingerprint density at radius 2 is 1.79 bits per heavy atom. The minimum atomic E-state index is -3.76. The predicted molar refractivity (Wildman–Crippen MR) is 147 cm³/mol. The van der Waals surface area contributed by atoms with Gasteiger partial charge >= 0.3 is 0 Å². The molecule has 4 aromatic rings. The van der Waals surface area contributed by atoms with Gasteiger partial charge in [-0.2, -0.15) is 4.99 Å². The highest BCUT2D eigenvalue weighted by atomic mass is 32.2. The first-order valence-corrected chi connectivity index (χ1v) is 14.5. The van der Waals surface area contributed by atoms with Crippen LogP contribution in [0.1, 0.15) is 22.3 Å². The quantitative estimate of drug-likeness (QED) is 0.342. The van der Waals surface area contributed by atoms with E-state index in [2.05, 4.69) is 11.6 Å². The van der Waals surface area contributed by atoms with Crippen molar-refractivity contribution in [3.8, 4) is 11.5 Å². The molecule has 10 heteroatoms. The van der Waals surface area contributed by atoms with E-state index in [4.69, 9.17) is 9.47 Å². The zero-order valence-electron chi connectivity index (χ0n) is 20.5. The Hall–Kier alpha value is -3.89. The van der Waals surface area contributed by atoms with Gasteiger partial charge in [0.25, 0.3) is 15.9 Å². The number of allylic oxidation sites excluding steroid dienone is 1. The summed E-state index contributed by atoms with van der Waals surface area (Å²) in [5, 5.41) is 0. The lowest BCUT2D eigenvalue weighted by Gasteiger charge is -2.30. The second-order valence-corrected chi connectivity index (χ2v) is 11.9. The van der Waals surface area contributed by atoms with Gasteiger partial charge in [0.2, 0.25) is 0 Å². The molecular formula is C28H25N3O5S2. The molecule has 2 aliphatic rings. The lowest BCUT2D eigenvalue weighted by Crippen LogP contribution is -2.35. The molecule has 8 nitrogen and oxygen atoms in total. The van der Waals surface area contributed by atoms with Crippen LogP contribution in [0.2, 0.25) is 0 Å². The number of para-hydroxylation sites is 1. The number of fused-ring (bicyclic) bond motifs is 3. The summed E-state index contributed by atoms with van der Waals surface area (Å²) in [5.74, 6) is 0.867. The lowest BCUT2D eigenvalue weighted by molar-refractivity contribution is 0.0997. The van der Waals surface area contributed by atoms with E-state index in [1.165, 1.54) is 39.9 Å². The molecular weight excluding hydrogens is 522 g/mol. The van der Waals surface area contributed by atoms with Crippen LogP contribution in [0.15, 0.2) is 83.2 Å². The Bertz CT molecular complexity index is 1740. The van der Waals surface area contributed by atoms with Crippen molar-refractivity contribution in [3.05, 3.63) is 89.2 Å². The highest BCUT2D eigenvalue weighted by molar-refractivity contribution is 7.92. The zero-order valence-corrected chi connectivity index (χ0v) is 22.1. The second kappa shape index (κ2) is 9.77. The predicted octanol–water partition coefficient (Wildman–Crippen LogP) is 4.54. The van der Waals surface area contributed by atoms with Gasteiger partial charge in [-0.05, 0) is 48.7 Å². The van der Waals surface area contributed by atoms with E-state index in [9.17, 15) is 13.2 Å². The topological polar surface area (TPSA) is 90.2 Å². The summed E-state index contributed by atoms with van der Waals surface area (Å²) in [6, 6.07) is 17.3. The van der Waals surface area contributed by atoms with E-state index in [1.807, 2.05) is 41.0 Å². The first kappa shape index (κ1) is 24.4. The summed E-state index contributed by atoms with van der Waals surface area (Å²) < 4.78 is 42.5. The maximum absolute atomic E-state index is 13.4. The number of aromatic nitrogens is 1. The van der Waals surface area contributed by atoms with Gasteiger partial charge in [0.15, 0.2) is 16.3 Å². The summed E-state index contributed by atoms with van der Waals surface area (Å²) in [7, 11) is -3.76. The number of sulfonamides is 1. The number of benzene rings is 3. The molecule has 6 rings (SSSR count). The molecule has 2 aliphatic heterocycles. The molecule has 1 amide bonds. The molecule has 0 spiro atoms. The molecule has 194 valence electrons. The van der Waals surface area contributed by atoms with Crippen molar-refractivity contribution in [3.63, 3.8) is 0 Å². The average molecular weight is 548 g/mol. The van der Waals surface area contributed by atoms with Crippen molar-refractivity contribution in [2.45, 2.75) is 24.3 Å². The number of ether oxygens (including phenoxy) is 2. The lowest BCUT2D eigenvalue weighted by atomic mass is 10.0. The summed E-state index contributed by atoms with van der Waals surface area (Å²) in [6.07, 6.45) is 3.35. The number of rotatable bonds is 5. The average Bonchev–Trinajstić information content (AvgIpc) is 3.27. The minimum absolute atomic E-state index is 0.139. The van der Waals surface area contributed by atoms with E-state index in [0.717, 1.165) is 28.6 Å². The molecule has 1 aromatic heterocycles. The van der Waals surface area contributed by atoms with Crippen LogP contribution in [-0.2, 0) is 23.0 Å². The Kier molecular flexibility index (Phi) is 6.29. The Morgan fingerprint density at radius 1 is 1.05 bits per heavy atom. The van der Waals surface area contributed by atoms with Crippen molar-refractivity contribution in [1.82, 2.24) is 4.57 Å². The Morgan fingerprint density at radius 3 is 2.55 bits per heavy atom. The largest absolute Gasteiger partial charge is 0.486 e. The van der Waals surface area contributed by atoms with Crippen LogP contribution in [0, 0.1) is 0 Å². The van der Waals surface area contributed by atoms with Gasteiger partial charge in [-0.25, -0.2) is 8.42 Å². The second-order valence-electron chi connectivity index (χ2n) is 9.00. The van der Waals surface area contributed by atoms with E-state index in [0.29, 0.717) is 53.9 Å². The maximum Gasteiger partial charge on any atom is 0.279 e. The zero-order chi connectivity index (χ0) is 26.3. The van der Waals surface area contributed by atoms with Gasteiger partial charge in [-0.3, -0.25) is 9.10 Å². The van der Waals surface area contributed by atoms with Crippen molar-refractivity contribution < 1.29 is 22.7 Å². The first-order chi connectivity index (χ1) is 18.5. The third kappa shape index (κ3) is 4.29. The molecule has 0 atom stereocenters. The summed E-state index contributed by atoms with van der Waals surface area (Å²) >= 11 is 1.37. The van der Waals surface area contributed by atoms with Crippen LogP contribution in [0.25, 0.3) is 10.2 Å². The molecule has 0 unspecified atom stereocenters. The van der Waals surface area contributed by atoms with Crippen molar-refractivity contribution in [2.24, 2.45) is 4.99 Å². The van der Waals surface area contributed by atoms with Crippen LogP contribution in [0.4, 0.5) is 5.69 Å². The highest BCUT2D eigenvalue weighted by Gasteiger charge is 2.29. The van der Waals surface area contributed by atoms with Gasteiger partial charge in [0.05, 0.1) is 20.8 Å². The smallest absolute Gasteiger partial charge is 0.279 e. The third-order valence-electron chi connectivity index (χ3n) is 6.61. The SMILES string of the molecule is C=CCn1c(=NC(=O)c2ccc(S(=O)(=O)N3CCCc4ccccc43)cc2)sc2cc3c(cc21)OCCO3. The van der Waals surface area contributed by atoms with Gasteiger partial charge in [-0.15, -0.1) is 6.58 Å². The molecule has 3 heterocycles. The highest BCUT2D eigenvalue weighted by Crippen LogP contribution is 2.36. The number of hydrogen-bond acceptors (Lipinski definition) is 6. The standard InChI is InChI=1S/C28H25N3O5S2/c1-2-13-30-23-17-24-25(36-16-15-35-24)18-26(23)37-28(30)29-27(32)20-9-11-21(12-10-20)38(33,34)31-14-5-7-19-6-3-4-8-22(19)31/h2-4,6,8-12,17-18H,1,5,7,13-16H2. The monoisotopic (exact) mass is 547 g/mol. The number of carbonyl (C=O) groups is 1. The van der Waals surface area contributed by atoms with Crippen molar-refractivity contribution >= 4 is 43.2 Å². The number of anilines is 1. The van der Waals surface area contributed by atoms with Gasteiger partial charge in [0.1, 0.15) is 13.2 Å². The molecule has 0 aliphatic carbocycles. The Balaban J connectivity index is 1.32. The number of thiazole rings is 1. The third-order valence-corrected chi connectivity index (χ3v) is 9.48. The number of hydrogen-bond donors (Lipinski definition) is 0. The molecule has 38 heavy (non-hydrogen) atoms. The molecule has 0 saturated heterocycles. The number of carbonyl (C=O) groups excluding carboxylic acids is 1. The number of aryl methyl sites for hydroxylation is 1. The summed E-state index contributed by atoms with van der Waals surface area (Å²) in [5.41, 5.74) is 2.90. The maximum atomic E-state index is 13.4. The van der Waals surface area contributed by atoms with Crippen LogP contribution in [0.5, 0.6) is 11.5 Å². The van der Waals surface area contributed by atoms with E-state index in [-0.39, 0.29) is 4.90 Å². The summed E-state index contributed by atoms with van der Waals surface area (Å²) in [4.78, 5) is 18.1. The van der Waals surface area contributed by atoms with Gasteiger partial charge in [0, 0.05) is 30.8 Å². The van der Waals surface area contributed by atoms with Crippen LogP contribution in [0.3, 0.4) is 0 Å². The molecule has 0 fully saturated rings. The minimum Gasteiger partial charge on any atom is -0.486 e. The van der Waals surface area contributed by atoms with Gasteiger partial charge < -0.3 is 14.0 Å². The van der Waals surface area contributed by atoms with Crippen molar-refractivity contribution in [1.29, 1.82) is 0 Å². The number of amides is 1. The molecule has 0 saturated carbocycles. The van der Waals surface area contributed by atoms with E-state index >= 15 is 0 Å². The summed E-state index contributed by atoms with van der Waals surface area (Å²) in [6.45, 7) is 5.68. The van der Waals surface area contributed by atoms with E-state index < -0.39 is 15.9 Å². The Labute approximate surface area is 224 Å². The molecule has 3 aromatic carbocycles. The fourth-order valence-corrected chi connectivity index (χ4v) is 7.38. The molecule has 0 bridgehead atoms. The fourth-order valence-electron chi connectivity index (χ4n) is 4.79. The molecule has 0 radical (unpaired) electrons.